The Balaban J connectivity index is 1.46. The maximum atomic E-state index is 13.5. The van der Waals surface area contributed by atoms with Crippen LogP contribution in [0.2, 0.25) is 10.0 Å². The van der Waals surface area contributed by atoms with Crippen molar-refractivity contribution in [2.75, 3.05) is 7.11 Å². The van der Waals surface area contributed by atoms with Crippen molar-refractivity contribution >= 4 is 68.1 Å². The highest BCUT2D eigenvalue weighted by molar-refractivity contribution is 9.10. The maximum Gasteiger partial charge on any atom is 0.347 e. The number of ether oxygens (including phenoxy) is 2. The lowest BCUT2D eigenvalue weighted by molar-refractivity contribution is 0.0730. The van der Waals surface area contributed by atoms with Gasteiger partial charge in [-0.15, -0.1) is 0 Å². The Labute approximate surface area is 260 Å². The Morgan fingerprint density at radius 2 is 1.74 bits per heavy atom. The highest BCUT2D eigenvalue weighted by Crippen LogP contribution is 2.38. The lowest BCUT2D eigenvalue weighted by atomic mass is 9.99. The number of aromatic amines is 1. The van der Waals surface area contributed by atoms with Gasteiger partial charge in [0.2, 0.25) is 0 Å². The molecule has 0 fully saturated rings. The van der Waals surface area contributed by atoms with Crippen LogP contribution >= 0.6 is 39.1 Å². The summed E-state index contributed by atoms with van der Waals surface area (Å²) in [4.78, 5) is 29.8. The molecule has 10 heteroatoms. The van der Waals surface area contributed by atoms with Crippen molar-refractivity contribution in [1.29, 1.82) is 0 Å². The number of amides is 1. The number of benzene rings is 4. The SMILES string of the molecule is COc1ccc(Cl)cc1C(=O)Oc1ccc(Br)cc1C=NNC(=O)c1[nH]c2c(C)cc(C)cc2c1-c1ccccc1Cl. The van der Waals surface area contributed by atoms with E-state index >= 15 is 0 Å². The number of nitrogens with zero attached hydrogens (tertiary/aromatic N) is 1. The minimum Gasteiger partial charge on any atom is -0.496 e. The summed E-state index contributed by atoms with van der Waals surface area (Å²) in [6.07, 6.45) is 1.40. The minimum absolute atomic E-state index is 0.167. The number of aromatic nitrogens is 1. The standard InChI is InChI=1S/C32H24BrCl2N3O4/c1-17-12-18(2)29-24(13-17)28(22-6-4-5-7-25(22)35)30(37-29)31(39)38-36-16-19-14-20(33)8-10-26(19)42-32(40)23-15-21(34)9-11-27(23)41-3/h4-16,37H,1-3H3,(H,38,39). The molecule has 0 spiro atoms. The fourth-order valence-corrected chi connectivity index (χ4v) is 5.47. The largest absolute Gasteiger partial charge is 0.496 e. The van der Waals surface area contributed by atoms with Crippen molar-refractivity contribution in [1.82, 2.24) is 10.4 Å². The minimum atomic E-state index is -0.663. The highest BCUT2D eigenvalue weighted by Gasteiger charge is 2.22. The third-order valence-electron chi connectivity index (χ3n) is 6.55. The van der Waals surface area contributed by atoms with Crippen molar-refractivity contribution < 1.29 is 19.1 Å². The fourth-order valence-electron chi connectivity index (χ4n) is 4.69. The van der Waals surface area contributed by atoms with Crippen LogP contribution < -0.4 is 14.9 Å². The summed E-state index contributed by atoms with van der Waals surface area (Å²) < 4.78 is 11.7. The van der Waals surface area contributed by atoms with Crippen molar-refractivity contribution in [3.05, 3.63) is 115 Å². The van der Waals surface area contributed by atoms with Crippen LogP contribution in [0.1, 0.15) is 37.5 Å². The summed E-state index contributed by atoms with van der Waals surface area (Å²) in [5.74, 6) is -0.589. The van der Waals surface area contributed by atoms with E-state index in [4.69, 9.17) is 32.7 Å². The lowest BCUT2D eigenvalue weighted by Crippen LogP contribution is -2.19. The van der Waals surface area contributed by atoms with E-state index in [1.165, 1.54) is 19.4 Å². The first-order valence-electron chi connectivity index (χ1n) is 12.7. The molecule has 0 aliphatic carbocycles. The van der Waals surface area contributed by atoms with Crippen molar-refractivity contribution in [2.24, 2.45) is 5.10 Å². The van der Waals surface area contributed by atoms with Crippen LogP contribution in [0.5, 0.6) is 11.5 Å². The number of halogens is 3. The molecule has 0 radical (unpaired) electrons. The number of H-pyrrole nitrogens is 1. The molecule has 4 aromatic carbocycles. The molecule has 1 amide bonds. The van der Waals surface area contributed by atoms with E-state index in [0.717, 1.165) is 32.1 Å². The van der Waals surface area contributed by atoms with Crippen LogP contribution in [0.4, 0.5) is 0 Å². The van der Waals surface area contributed by atoms with E-state index in [2.05, 4.69) is 31.4 Å². The second-order valence-corrected chi connectivity index (χ2v) is 11.2. The fraction of sp³-hybridized carbons (Fsp3) is 0.0938. The molecule has 42 heavy (non-hydrogen) atoms. The normalized spacial score (nSPS) is 11.2. The quantitative estimate of drug-likeness (QED) is 0.0790. The predicted octanol–water partition coefficient (Wildman–Crippen LogP) is 8.51. The van der Waals surface area contributed by atoms with Gasteiger partial charge in [0, 0.05) is 42.1 Å². The van der Waals surface area contributed by atoms with Gasteiger partial charge in [0.1, 0.15) is 22.8 Å². The van der Waals surface area contributed by atoms with Gasteiger partial charge in [-0.3, -0.25) is 4.79 Å². The Kier molecular flexibility index (Phi) is 8.68. The number of hydrogen-bond acceptors (Lipinski definition) is 5. The Bertz CT molecular complexity index is 1880. The molecule has 1 aromatic heterocycles. The van der Waals surface area contributed by atoms with Gasteiger partial charge in [-0.25, -0.2) is 10.2 Å². The molecular formula is C32H24BrCl2N3O4. The number of methoxy groups -OCH3 is 1. The number of hydrazone groups is 1. The zero-order valence-electron chi connectivity index (χ0n) is 22.7. The Morgan fingerprint density at radius 1 is 0.976 bits per heavy atom. The number of nitrogens with one attached hydrogen (secondary N) is 2. The summed E-state index contributed by atoms with van der Waals surface area (Å²) in [7, 11) is 1.45. The molecule has 212 valence electrons. The molecule has 0 bridgehead atoms. The molecule has 0 saturated carbocycles. The van der Waals surface area contributed by atoms with E-state index in [9.17, 15) is 9.59 Å². The first-order valence-corrected chi connectivity index (χ1v) is 14.3. The van der Waals surface area contributed by atoms with E-state index < -0.39 is 11.9 Å². The van der Waals surface area contributed by atoms with Crippen molar-refractivity contribution in [2.45, 2.75) is 13.8 Å². The number of rotatable bonds is 7. The third-order valence-corrected chi connectivity index (χ3v) is 7.60. The predicted molar refractivity (Wildman–Crippen MR) is 170 cm³/mol. The zero-order chi connectivity index (χ0) is 30.0. The van der Waals surface area contributed by atoms with Gasteiger partial charge in [0.25, 0.3) is 5.91 Å². The number of carbonyl (C=O) groups excluding carboxylic acids is 2. The van der Waals surface area contributed by atoms with Crippen LogP contribution in [0.3, 0.4) is 0 Å². The zero-order valence-corrected chi connectivity index (χ0v) is 25.8. The molecule has 7 nitrogen and oxygen atoms in total. The van der Waals surface area contributed by atoms with E-state index in [-0.39, 0.29) is 11.3 Å². The highest BCUT2D eigenvalue weighted by atomic mass is 79.9. The number of carbonyl (C=O) groups is 2. The first kappa shape index (κ1) is 29.4. The topological polar surface area (TPSA) is 92.8 Å². The molecule has 0 saturated heterocycles. The smallest absolute Gasteiger partial charge is 0.347 e. The van der Waals surface area contributed by atoms with E-state index in [1.54, 1.807) is 36.4 Å². The summed E-state index contributed by atoms with van der Waals surface area (Å²) in [6, 6.07) is 21.1. The van der Waals surface area contributed by atoms with Gasteiger partial charge in [-0.05, 0) is 67.9 Å². The van der Waals surface area contributed by atoms with Crippen molar-refractivity contribution in [3.8, 4) is 22.6 Å². The molecule has 5 rings (SSSR count). The second-order valence-electron chi connectivity index (χ2n) is 9.47. The van der Waals surface area contributed by atoms with Gasteiger partial charge in [-0.1, -0.05) is 69.0 Å². The Hall–Kier alpha value is -4.11. The number of esters is 1. The summed E-state index contributed by atoms with van der Waals surface area (Å²) in [5.41, 5.74) is 7.82. The molecule has 0 aliphatic heterocycles. The third kappa shape index (κ3) is 6.06. The monoisotopic (exact) mass is 663 g/mol. The Morgan fingerprint density at radius 3 is 2.50 bits per heavy atom. The summed E-state index contributed by atoms with van der Waals surface area (Å²) in [5, 5.41) is 5.94. The molecule has 0 atom stereocenters. The van der Waals surface area contributed by atoms with Gasteiger partial charge in [0.15, 0.2) is 0 Å². The first-order chi connectivity index (χ1) is 20.2. The van der Waals surface area contributed by atoms with Gasteiger partial charge < -0.3 is 14.5 Å². The number of fused-ring (bicyclic) bond motifs is 1. The number of aryl methyl sites for hydroxylation is 2. The lowest BCUT2D eigenvalue weighted by Gasteiger charge is -2.11. The van der Waals surface area contributed by atoms with E-state index in [0.29, 0.717) is 32.6 Å². The van der Waals surface area contributed by atoms with Gasteiger partial charge in [-0.2, -0.15) is 5.10 Å². The van der Waals surface area contributed by atoms with Gasteiger partial charge in [0.05, 0.1) is 13.3 Å². The second kappa shape index (κ2) is 12.4. The average molecular weight is 665 g/mol. The molecular weight excluding hydrogens is 641 g/mol. The van der Waals surface area contributed by atoms with Crippen LogP contribution in [0.25, 0.3) is 22.0 Å². The summed E-state index contributed by atoms with van der Waals surface area (Å²) in [6.45, 7) is 3.99. The maximum absolute atomic E-state index is 13.5. The van der Waals surface area contributed by atoms with Crippen LogP contribution in [0, 0.1) is 13.8 Å². The van der Waals surface area contributed by atoms with Crippen LogP contribution in [-0.2, 0) is 0 Å². The molecule has 0 aliphatic rings. The summed E-state index contributed by atoms with van der Waals surface area (Å²) >= 11 is 16.1. The molecule has 5 aromatic rings. The van der Waals surface area contributed by atoms with E-state index in [1.807, 2.05) is 44.2 Å². The van der Waals surface area contributed by atoms with Crippen LogP contribution in [-0.4, -0.2) is 30.2 Å². The van der Waals surface area contributed by atoms with Crippen LogP contribution in [0.15, 0.2) is 82.4 Å². The number of hydrogen-bond donors (Lipinski definition) is 2. The average Bonchev–Trinajstić information content (AvgIpc) is 3.34. The van der Waals surface area contributed by atoms with Gasteiger partial charge >= 0.3 is 5.97 Å². The molecule has 1 heterocycles. The van der Waals surface area contributed by atoms with Crippen molar-refractivity contribution in [3.63, 3.8) is 0 Å². The molecule has 0 unspecified atom stereocenters. The molecule has 2 N–H and O–H groups in total.